The summed E-state index contributed by atoms with van der Waals surface area (Å²) < 4.78 is 1.75. The highest BCUT2D eigenvalue weighted by molar-refractivity contribution is 7.99. The second-order valence-corrected chi connectivity index (χ2v) is 4.96. The molecule has 5 nitrogen and oxygen atoms in total. The lowest BCUT2D eigenvalue weighted by atomic mass is 9.92. The van der Waals surface area contributed by atoms with Gasteiger partial charge in [0.15, 0.2) is 0 Å². The van der Waals surface area contributed by atoms with E-state index in [0.29, 0.717) is 17.0 Å². The fraction of sp³-hybridized carbons (Fsp3) is 0.667. The fourth-order valence-electron chi connectivity index (χ4n) is 1.78. The zero-order valence-electron chi connectivity index (χ0n) is 8.71. The van der Waals surface area contributed by atoms with Gasteiger partial charge in [0.25, 0.3) is 0 Å². The number of hydrogen-bond acceptors (Lipinski definition) is 4. The Morgan fingerprint density at radius 3 is 2.80 bits per heavy atom. The summed E-state index contributed by atoms with van der Waals surface area (Å²) in [4.78, 5) is 10.3. The molecule has 0 aromatic carbocycles. The standard InChI is InChI=1S/C9H13N3O2S/c1-6-9(12(13)14)5-11(10-6)7-3-8(4-7)15-2/h5,7-8H,3-4H2,1-2H3. The second-order valence-electron chi connectivity index (χ2n) is 3.82. The van der Waals surface area contributed by atoms with Gasteiger partial charge in [-0.1, -0.05) is 0 Å². The lowest BCUT2D eigenvalue weighted by Crippen LogP contribution is -2.28. The number of nitro groups is 1. The van der Waals surface area contributed by atoms with Crippen molar-refractivity contribution in [2.45, 2.75) is 31.1 Å². The number of hydrogen-bond donors (Lipinski definition) is 0. The fourth-order valence-corrected chi connectivity index (χ4v) is 2.61. The van der Waals surface area contributed by atoms with Crippen LogP contribution in [-0.4, -0.2) is 26.2 Å². The van der Waals surface area contributed by atoms with Crippen LogP contribution >= 0.6 is 11.8 Å². The van der Waals surface area contributed by atoms with Crippen molar-refractivity contribution in [1.29, 1.82) is 0 Å². The van der Waals surface area contributed by atoms with Gasteiger partial charge in [0.05, 0.1) is 11.0 Å². The minimum Gasteiger partial charge on any atom is -0.262 e. The van der Waals surface area contributed by atoms with Gasteiger partial charge in [-0.25, -0.2) is 0 Å². The van der Waals surface area contributed by atoms with Crippen molar-refractivity contribution < 1.29 is 4.92 Å². The van der Waals surface area contributed by atoms with E-state index in [4.69, 9.17) is 0 Å². The Bertz CT molecular complexity index is 385. The molecule has 0 amide bonds. The average Bonchev–Trinajstić information content (AvgIpc) is 2.45. The summed E-state index contributed by atoms with van der Waals surface area (Å²) in [6.07, 6.45) is 5.78. The third-order valence-electron chi connectivity index (χ3n) is 2.86. The normalized spacial score (nSPS) is 24.9. The largest absolute Gasteiger partial charge is 0.309 e. The molecule has 1 saturated carbocycles. The number of thioether (sulfide) groups is 1. The van der Waals surface area contributed by atoms with Crippen molar-refractivity contribution in [2.75, 3.05) is 6.26 Å². The Kier molecular flexibility index (Phi) is 2.68. The Morgan fingerprint density at radius 1 is 1.67 bits per heavy atom. The van der Waals surface area contributed by atoms with E-state index in [1.165, 1.54) is 0 Å². The van der Waals surface area contributed by atoms with E-state index in [9.17, 15) is 10.1 Å². The zero-order chi connectivity index (χ0) is 11.0. The summed E-state index contributed by atoms with van der Waals surface area (Å²) in [6.45, 7) is 1.68. The maximum atomic E-state index is 10.6. The minimum absolute atomic E-state index is 0.127. The molecule has 1 aromatic rings. The maximum Gasteiger partial charge on any atom is 0.309 e. The summed E-state index contributed by atoms with van der Waals surface area (Å²) in [6, 6.07) is 0.356. The summed E-state index contributed by atoms with van der Waals surface area (Å²) in [5.41, 5.74) is 0.634. The first kappa shape index (κ1) is 10.5. The van der Waals surface area contributed by atoms with Crippen LogP contribution in [-0.2, 0) is 0 Å². The Balaban J connectivity index is 2.11. The van der Waals surface area contributed by atoms with Gasteiger partial charge in [0.1, 0.15) is 11.9 Å². The van der Waals surface area contributed by atoms with Gasteiger partial charge in [0, 0.05) is 5.25 Å². The highest BCUT2D eigenvalue weighted by Crippen LogP contribution is 2.39. The predicted octanol–water partition coefficient (Wildman–Crippen LogP) is 2.17. The molecule has 1 heterocycles. The van der Waals surface area contributed by atoms with Crippen molar-refractivity contribution >= 4 is 17.4 Å². The topological polar surface area (TPSA) is 61.0 Å². The van der Waals surface area contributed by atoms with E-state index in [1.54, 1.807) is 17.8 Å². The average molecular weight is 227 g/mol. The van der Waals surface area contributed by atoms with Crippen LogP contribution in [0.15, 0.2) is 6.20 Å². The van der Waals surface area contributed by atoms with Crippen LogP contribution in [0.25, 0.3) is 0 Å². The van der Waals surface area contributed by atoms with E-state index in [1.807, 2.05) is 11.8 Å². The summed E-state index contributed by atoms with van der Waals surface area (Å²) in [5, 5.41) is 15.5. The molecular weight excluding hydrogens is 214 g/mol. The molecule has 2 rings (SSSR count). The van der Waals surface area contributed by atoms with Crippen LogP contribution in [0.5, 0.6) is 0 Å². The molecule has 1 aromatic heterocycles. The van der Waals surface area contributed by atoms with Crippen molar-refractivity contribution in [3.8, 4) is 0 Å². The second kappa shape index (κ2) is 3.84. The quantitative estimate of drug-likeness (QED) is 0.586. The van der Waals surface area contributed by atoms with Crippen LogP contribution in [0.2, 0.25) is 0 Å². The lowest BCUT2D eigenvalue weighted by molar-refractivity contribution is -0.385. The summed E-state index contributed by atoms with van der Waals surface area (Å²) >= 11 is 1.85. The number of nitrogens with zero attached hydrogens (tertiary/aromatic N) is 3. The minimum atomic E-state index is -0.371. The molecule has 1 aliphatic carbocycles. The molecule has 1 aliphatic rings. The van der Waals surface area contributed by atoms with Gasteiger partial charge in [-0.2, -0.15) is 16.9 Å². The van der Waals surface area contributed by atoms with E-state index in [-0.39, 0.29) is 10.6 Å². The van der Waals surface area contributed by atoms with Gasteiger partial charge < -0.3 is 0 Å². The molecule has 0 saturated heterocycles. The van der Waals surface area contributed by atoms with E-state index in [2.05, 4.69) is 11.4 Å². The predicted molar refractivity (Wildman–Crippen MR) is 59.2 cm³/mol. The number of aromatic nitrogens is 2. The van der Waals surface area contributed by atoms with Crippen molar-refractivity contribution in [2.24, 2.45) is 0 Å². The van der Waals surface area contributed by atoms with Gasteiger partial charge in [-0.15, -0.1) is 0 Å². The van der Waals surface area contributed by atoms with Crippen LogP contribution < -0.4 is 0 Å². The summed E-state index contributed by atoms with van der Waals surface area (Å²) in [7, 11) is 0. The summed E-state index contributed by atoms with van der Waals surface area (Å²) in [5.74, 6) is 0. The van der Waals surface area contributed by atoms with Crippen LogP contribution in [0, 0.1) is 17.0 Å². The van der Waals surface area contributed by atoms with Crippen molar-refractivity contribution in [3.05, 3.63) is 22.0 Å². The van der Waals surface area contributed by atoms with Gasteiger partial charge in [0.2, 0.25) is 0 Å². The van der Waals surface area contributed by atoms with Crippen LogP contribution in [0.1, 0.15) is 24.6 Å². The van der Waals surface area contributed by atoms with Crippen molar-refractivity contribution in [3.63, 3.8) is 0 Å². The molecule has 0 spiro atoms. The molecule has 0 N–H and O–H groups in total. The Hall–Kier alpha value is -1.04. The molecule has 1 fully saturated rings. The molecular formula is C9H13N3O2S. The molecule has 82 valence electrons. The first-order chi connectivity index (χ1) is 7.11. The van der Waals surface area contributed by atoms with E-state index in [0.717, 1.165) is 12.8 Å². The highest BCUT2D eigenvalue weighted by atomic mass is 32.2. The van der Waals surface area contributed by atoms with Crippen LogP contribution in [0.4, 0.5) is 5.69 Å². The molecule has 0 radical (unpaired) electrons. The van der Waals surface area contributed by atoms with E-state index < -0.39 is 0 Å². The SMILES string of the molecule is CSC1CC(n2cc([N+](=O)[O-])c(C)n2)C1. The Labute approximate surface area is 92.0 Å². The van der Waals surface area contributed by atoms with Crippen LogP contribution in [0.3, 0.4) is 0 Å². The van der Waals surface area contributed by atoms with Gasteiger partial charge in [-0.3, -0.25) is 14.8 Å². The van der Waals surface area contributed by atoms with Gasteiger partial charge in [-0.05, 0) is 26.0 Å². The molecule has 0 atom stereocenters. The maximum absolute atomic E-state index is 10.6. The first-order valence-electron chi connectivity index (χ1n) is 4.84. The monoisotopic (exact) mass is 227 g/mol. The third-order valence-corrected chi connectivity index (χ3v) is 3.92. The molecule has 0 aliphatic heterocycles. The van der Waals surface area contributed by atoms with Crippen molar-refractivity contribution in [1.82, 2.24) is 9.78 Å². The molecule has 0 bridgehead atoms. The Morgan fingerprint density at radius 2 is 2.33 bits per heavy atom. The molecule has 6 heteroatoms. The third kappa shape index (κ3) is 1.86. The smallest absolute Gasteiger partial charge is 0.262 e. The highest BCUT2D eigenvalue weighted by Gasteiger charge is 2.31. The number of rotatable bonds is 3. The van der Waals surface area contributed by atoms with E-state index >= 15 is 0 Å². The first-order valence-corrected chi connectivity index (χ1v) is 6.13. The lowest BCUT2D eigenvalue weighted by Gasteiger charge is -2.33. The van der Waals surface area contributed by atoms with Gasteiger partial charge >= 0.3 is 5.69 Å². The molecule has 15 heavy (non-hydrogen) atoms. The number of aryl methyl sites for hydroxylation is 1. The zero-order valence-corrected chi connectivity index (χ0v) is 9.53. The molecule has 0 unspecified atom stereocenters.